The van der Waals surface area contributed by atoms with Gasteiger partial charge in [0.2, 0.25) is 0 Å². The maximum atomic E-state index is 12.8. The zero-order valence-electron chi connectivity index (χ0n) is 18.5. The number of benzene rings is 2. The van der Waals surface area contributed by atoms with Crippen LogP contribution < -0.4 is 19.7 Å². The van der Waals surface area contributed by atoms with Gasteiger partial charge in [-0.05, 0) is 64.1 Å². The molecule has 0 aromatic heterocycles. The Labute approximate surface area is 179 Å². The molecule has 2 aromatic rings. The predicted molar refractivity (Wildman–Crippen MR) is 122 cm³/mol. The molecule has 1 N–H and O–H groups in total. The normalized spacial score (nSPS) is 14.6. The summed E-state index contributed by atoms with van der Waals surface area (Å²) in [7, 11) is 0. The van der Waals surface area contributed by atoms with Crippen LogP contribution in [0, 0.1) is 0 Å². The van der Waals surface area contributed by atoms with Gasteiger partial charge in [0.05, 0.1) is 18.9 Å². The van der Waals surface area contributed by atoms with E-state index in [1.54, 1.807) is 6.07 Å². The molecular weight excluding hydrogens is 378 g/mol. The number of nitrogens with one attached hydrogen (secondary N) is 1. The maximum Gasteiger partial charge on any atom is 0.255 e. The summed E-state index contributed by atoms with van der Waals surface area (Å²) in [6.07, 6.45) is 0. The molecule has 1 saturated heterocycles. The standard InChI is InChI=1S/C24H33N3O3/c1-5-29-21-11-12-23(30-6-2)22(17-21)25-24(28)19-7-9-20(10-8-19)27-15-13-26(14-16-27)18(3)4/h7-12,17-18H,5-6,13-16H2,1-4H3,(H,25,28). The zero-order valence-corrected chi connectivity index (χ0v) is 18.5. The van der Waals surface area contributed by atoms with Crippen LogP contribution in [0.25, 0.3) is 0 Å². The van der Waals surface area contributed by atoms with Crippen LogP contribution in [0.1, 0.15) is 38.1 Å². The van der Waals surface area contributed by atoms with Crippen LogP contribution in [0.4, 0.5) is 11.4 Å². The minimum absolute atomic E-state index is 0.166. The SMILES string of the molecule is CCOc1ccc(OCC)c(NC(=O)c2ccc(N3CCN(C(C)C)CC3)cc2)c1. The molecule has 162 valence electrons. The van der Waals surface area contributed by atoms with Gasteiger partial charge in [0, 0.05) is 49.5 Å². The molecule has 6 heteroatoms. The number of piperazine rings is 1. The van der Waals surface area contributed by atoms with Crippen molar-refractivity contribution in [3.8, 4) is 11.5 Å². The molecule has 1 aliphatic rings. The molecule has 6 nitrogen and oxygen atoms in total. The third-order valence-corrected chi connectivity index (χ3v) is 5.35. The second-order valence-electron chi connectivity index (χ2n) is 7.64. The Hall–Kier alpha value is -2.73. The van der Waals surface area contributed by atoms with Crippen molar-refractivity contribution in [3.63, 3.8) is 0 Å². The first-order valence-corrected chi connectivity index (χ1v) is 10.8. The highest BCUT2D eigenvalue weighted by Gasteiger charge is 2.19. The molecule has 30 heavy (non-hydrogen) atoms. The van der Waals surface area contributed by atoms with E-state index in [9.17, 15) is 4.79 Å². The lowest BCUT2D eigenvalue weighted by atomic mass is 10.1. The first-order chi connectivity index (χ1) is 14.5. The Kier molecular flexibility index (Phi) is 7.57. The average molecular weight is 412 g/mol. The number of hydrogen-bond donors (Lipinski definition) is 1. The van der Waals surface area contributed by atoms with Crippen LogP contribution in [-0.2, 0) is 0 Å². The van der Waals surface area contributed by atoms with E-state index in [1.807, 2.05) is 50.2 Å². The van der Waals surface area contributed by atoms with Crippen molar-refractivity contribution in [2.24, 2.45) is 0 Å². The minimum Gasteiger partial charge on any atom is -0.494 e. The Balaban J connectivity index is 1.67. The van der Waals surface area contributed by atoms with Gasteiger partial charge in [-0.25, -0.2) is 0 Å². The molecule has 0 unspecified atom stereocenters. The highest BCUT2D eigenvalue weighted by atomic mass is 16.5. The van der Waals surface area contributed by atoms with Crippen LogP contribution in [0.5, 0.6) is 11.5 Å². The molecule has 0 atom stereocenters. The molecule has 1 amide bonds. The van der Waals surface area contributed by atoms with E-state index in [0.717, 1.165) is 31.9 Å². The van der Waals surface area contributed by atoms with Gasteiger partial charge < -0.3 is 19.7 Å². The molecule has 0 saturated carbocycles. The van der Waals surface area contributed by atoms with Crippen molar-refractivity contribution >= 4 is 17.3 Å². The molecule has 3 rings (SSSR count). The van der Waals surface area contributed by atoms with E-state index in [2.05, 4.69) is 29.0 Å². The Morgan fingerprint density at radius 2 is 1.63 bits per heavy atom. The molecule has 2 aromatic carbocycles. The molecule has 1 aliphatic heterocycles. The molecule has 0 spiro atoms. The Morgan fingerprint density at radius 1 is 0.967 bits per heavy atom. The lowest BCUT2D eigenvalue weighted by Crippen LogP contribution is -2.48. The number of rotatable bonds is 8. The van der Waals surface area contributed by atoms with E-state index >= 15 is 0 Å². The van der Waals surface area contributed by atoms with Crippen LogP contribution >= 0.6 is 0 Å². The quantitative estimate of drug-likeness (QED) is 0.703. The zero-order chi connectivity index (χ0) is 21.5. The number of ether oxygens (including phenoxy) is 2. The van der Waals surface area contributed by atoms with Gasteiger partial charge >= 0.3 is 0 Å². The third kappa shape index (κ3) is 5.45. The molecule has 0 radical (unpaired) electrons. The number of carbonyl (C=O) groups excluding carboxylic acids is 1. The second-order valence-corrected chi connectivity index (χ2v) is 7.64. The Morgan fingerprint density at radius 3 is 2.23 bits per heavy atom. The molecule has 0 aliphatic carbocycles. The fourth-order valence-electron chi connectivity index (χ4n) is 3.66. The van der Waals surface area contributed by atoms with Crippen LogP contribution in [-0.4, -0.2) is 56.2 Å². The summed E-state index contributed by atoms with van der Waals surface area (Å²) in [6.45, 7) is 13.6. The van der Waals surface area contributed by atoms with E-state index in [0.29, 0.717) is 42.0 Å². The van der Waals surface area contributed by atoms with Crippen molar-refractivity contribution in [2.45, 2.75) is 33.7 Å². The first-order valence-electron chi connectivity index (χ1n) is 10.8. The van der Waals surface area contributed by atoms with Gasteiger partial charge in [-0.2, -0.15) is 0 Å². The molecule has 1 heterocycles. The number of carbonyl (C=O) groups is 1. The number of nitrogens with zero attached hydrogens (tertiary/aromatic N) is 2. The summed E-state index contributed by atoms with van der Waals surface area (Å²) in [5.74, 6) is 1.17. The van der Waals surface area contributed by atoms with Gasteiger partial charge in [-0.3, -0.25) is 9.69 Å². The summed E-state index contributed by atoms with van der Waals surface area (Å²) in [4.78, 5) is 17.7. The minimum atomic E-state index is -0.166. The smallest absolute Gasteiger partial charge is 0.255 e. The van der Waals surface area contributed by atoms with E-state index < -0.39 is 0 Å². The lowest BCUT2D eigenvalue weighted by Gasteiger charge is -2.38. The Bertz CT molecular complexity index is 828. The maximum absolute atomic E-state index is 12.8. The summed E-state index contributed by atoms with van der Waals surface area (Å²) >= 11 is 0. The van der Waals surface area contributed by atoms with Crippen molar-refractivity contribution in [3.05, 3.63) is 48.0 Å². The average Bonchev–Trinajstić information content (AvgIpc) is 2.76. The van der Waals surface area contributed by atoms with Crippen LogP contribution in [0.2, 0.25) is 0 Å². The van der Waals surface area contributed by atoms with E-state index in [4.69, 9.17) is 9.47 Å². The number of anilines is 2. The monoisotopic (exact) mass is 411 g/mol. The molecular formula is C24H33N3O3. The van der Waals surface area contributed by atoms with Gasteiger partial charge in [0.25, 0.3) is 5.91 Å². The van der Waals surface area contributed by atoms with Crippen LogP contribution in [0.15, 0.2) is 42.5 Å². The largest absolute Gasteiger partial charge is 0.494 e. The summed E-state index contributed by atoms with van der Waals surface area (Å²) in [5.41, 5.74) is 2.38. The lowest BCUT2D eigenvalue weighted by molar-refractivity contribution is 0.102. The van der Waals surface area contributed by atoms with Gasteiger partial charge in [-0.15, -0.1) is 0 Å². The molecule has 0 bridgehead atoms. The van der Waals surface area contributed by atoms with Crippen molar-refractivity contribution in [2.75, 3.05) is 49.6 Å². The van der Waals surface area contributed by atoms with Crippen molar-refractivity contribution < 1.29 is 14.3 Å². The van der Waals surface area contributed by atoms with E-state index in [-0.39, 0.29) is 5.91 Å². The van der Waals surface area contributed by atoms with Gasteiger partial charge in [0.15, 0.2) is 0 Å². The molecule has 1 fully saturated rings. The number of amides is 1. The highest BCUT2D eigenvalue weighted by molar-refractivity contribution is 6.05. The topological polar surface area (TPSA) is 54.0 Å². The van der Waals surface area contributed by atoms with Crippen molar-refractivity contribution in [1.82, 2.24) is 4.90 Å². The second kappa shape index (κ2) is 10.3. The summed E-state index contributed by atoms with van der Waals surface area (Å²) in [6, 6.07) is 13.9. The van der Waals surface area contributed by atoms with E-state index in [1.165, 1.54) is 0 Å². The first kappa shape index (κ1) is 22.0. The fraction of sp³-hybridized carbons (Fsp3) is 0.458. The fourth-order valence-corrected chi connectivity index (χ4v) is 3.66. The predicted octanol–water partition coefficient (Wildman–Crippen LogP) is 4.27. The summed E-state index contributed by atoms with van der Waals surface area (Å²) in [5, 5.41) is 2.96. The van der Waals surface area contributed by atoms with Crippen LogP contribution in [0.3, 0.4) is 0 Å². The summed E-state index contributed by atoms with van der Waals surface area (Å²) < 4.78 is 11.2. The van der Waals surface area contributed by atoms with Gasteiger partial charge in [0.1, 0.15) is 11.5 Å². The third-order valence-electron chi connectivity index (χ3n) is 5.35. The van der Waals surface area contributed by atoms with Gasteiger partial charge in [-0.1, -0.05) is 0 Å². The van der Waals surface area contributed by atoms with Crippen molar-refractivity contribution in [1.29, 1.82) is 0 Å². The number of hydrogen-bond acceptors (Lipinski definition) is 5. The highest BCUT2D eigenvalue weighted by Crippen LogP contribution is 2.30.